The maximum atomic E-state index is 12.7. The lowest BCUT2D eigenvalue weighted by Gasteiger charge is -2.27. The predicted molar refractivity (Wildman–Crippen MR) is 53.6 cm³/mol. The Kier molecular flexibility index (Phi) is 2.82. The van der Waals surface area contributed by atoms with Crippen LogP contribution in [-0.2, 0) is 0 Å². The van der Waals surface area contributed by atoms with Crippen molar-refractivity contribution in [3.05, 3.63) is 35.6 Å². The van der Waals surface area contributed by atoms with Crippen LogP contribution in [0.4, 0.5) is 4.39 Å². The van der Waals surface area contributed by atoms with Gasteiger partial charge < -0.3 is 5.11 Å². The minimum Gasteiger partial charge on any atom is -0.392 e. The molecule has 0 unspecified atom stereocenters. The SMILES string of the molecule is O[C@@H]1CCCC[C@H]1c1ccc(F)cc1. The fourth-order valence-corrected chi connectivity index (χ4v) is 2.21. The van der Waals surface area contributed by atoms with Crippen LogP contribution in [0.3, 0.4) is 0 Å². The van der Waals surface area contributed by atoms with E-state index in [1.165, 1.54) is 18.6 Å². The van der Waals surface area contributed by atoms with E-state index in [1.807, 2.05) is 0 Å². The Labute approximate surface area is 83.6 Å². The van der Waals surface area contributed by atoms with E-state index >= 15 is 0 Å². The van der Waals surface area contributed by atoms with Crippen LogP contribution in [-0.4, -0.2) is 11.2 Å². The minimum atomic E-state index is -0.241. The highest BCUT2D eigenvalue weighted by atomic mass is 19.1. The molecular formula is C12H15FO. The number of hydrogen-bond acceptors (Lipinski definition) is 1. The maximum Gasteiger partial charge on any atom is 0.123 e. The maximum absolute atomic E-state index is 12.7. The number of hydrogen-bond donors (Lipinski definition) is 1. The number of rotatable bonds is 1. The van der Waals surface area contributed by atoms with Crippen molar-refractivity contribution in [2.45, 2.75) is 37.7 Å². The summed E-state index contributed by atoms with van der Waals surface area (Å²) in [7, 11) is 0. The summed E-state index contributed by atoms with van der Waals surface area (Å²) in [5.74, 6) is 0.00315. The molecule has 0 radical (unpaired) electrons. The van der Waals surface area contributed by atoms with Crippen molar-refractivity contribution in [2.24, 2.45) is 0 Å². The van der Waals surface area contributed by atoms with Gasteiger partial charge in [-0.3, -0.25) is 0 Å². The third-order valence-corrected chi connectivity index (χ3v) is 3.03. The minimum absolute atomic E-state index is 0.209. The molecule has 14 heavy (non-hydrogen) atoms. The fraction of sp³-hybridized carbons (Fsp3) is 0.500. The molecule has 1 nitrogen and oxygen atoms in total. The van der Waals surface area contributed by atoms with Crippen LogP contribution < -0.4 is 0 Å². The van der Waals surface area contributed by atoms with Gasteiger partial charge in [0.05, 0.1) is 6.10 Å². The lowest BCUT2D eigenvalue weighted by atomic mass is 9.82. The number of aliphatic hydroxyl groups is 1. The number of halogens is 1. The molecule has 2 atom stereocenters. The van der Waals surface area contributed by atoms with Crippen molar-refractivity contribution in [1.29, 1.82) is 0 Å². The highest BCUT2D eigenvalue weighted by Gasteiger charge is 2.24. The summed E-state index contributed by atoms with van der Waals surface area (Å²) < 4.78 is 12.7. The Bertz CT molecular complexity index is 294. The first kappa shape index (κ1) is 9.66. The molecule has 1 fully saturated rings. The second-order valence-corrected chi connectivity index (χ2v) is 4.01. The Balaban J connectivity index is 2.16. The number of benzene rings is 1. The van der Waals surface area contributed by atoms with Crippen LogP contribution in [0.2, 0.25) is 0 Å². The molecule has 2 rings (SSSR count). The highest BCUT2D eigenvalue weighted by Crippen LogP contribution is 2.32. The Morgan fingerprint density at radius 3 is 2.36 bits per heavy atom. The predicted octanol–water partition coefficient (Wildman–Crippen LogP) is 2.84. The van der Waals surface area contributed by atoms with Gasteiger partial charge >= 0.3 is 0 Å². The van der Waals surface area contributed by atoms with Crippen molar-refractivity contribution in [1.82, 2.24) is 0 Å². The zero-order valence-corrected chi connectivity index (χ0v) is 8.12. The number of aliphatic hydroxyl groups excluding tert-OH is 1. The summed E-state index contributed by atoms with van der Waals surface area (Å²) >= 11 is 0. The Morgan fingerprint density at radius 1 is 1.07 bits per heavy atom. The first-order chi connectivity index (χ1) is 6.77. The van der Waals surface area contributed by atoms with E-state index in [-0.39, 0.29) is 17.8 Å². The van der Waals surface area contributed by atoms with Gasteiger partial charge in [-0.15, -0.1) is 0 Å². The molecule has 1 aromatic rings. The van der Waals surface area contributed by atoms with E-state index in [4.69, 9.17) is 0 Å². The average Bonchev–Trinajstić information content (AvgIpc) is 2.20. The zero-order valence-electron chi connectivity index (χ0n) is 8.12. The third kappa shape index (κ3) is 1.95. The van der Waals surface area contributed by atoms with Crippen LogP contribution in [0, 0.1) is 5.82 Å². The van der Waals surface area contributed by atoms with Gasteiger partial charge in [0, 0.05) is 5.92 Å². The molecule has 0 amide bonds. The molecule has 2 heteroatoms. The fourth-order valence-electron chi connectivity index (χ4n) is 2.21. The molecule has 0 aliphatic heterocycles. The molecule has 1 saturated carbocycles. The van der Waals surface area contributed by atoms with Crippen molar-refractivity contribution in [3.8, 4) is 0 Å². The smallest absolute Gasteiger partial charge is 0.123 e. The van der Waals surface area contributed by atoms with Crippen LogP contribution in [0.5, 0.6) is 0 Å². The molecule has 0 spiro atoms. The largest absolute Gasteiger partial charge is 0.392 e. The second kappa shape index (κ2) is 4.09. The van der Waals surface area contributed by atoms with Crippen molar-refractivity contribution < 1.29 is 9.50 Å². The van der Waals surface area contributed by atoms with Gasteiger partial charge in [0.25, 0.3) is 0 Å². The van der Waals surface area contributed by atoms with Crippen molar-refractivity contribution in [2.75, 3.05) is 0 Å². The Hall–Kier alpha value is -0.890. The zero-order chi connectivity index (χ0) is 9.97. The highest BCUT2D eigenvalue weighted by molar-refractivity contribution is 5.22. The monoisotopic (exact) mass is 194 g/mol. The first-order valence-corrected chi connectivity index (χ1v) is 5.21. The molecule has 1 N–H and O–H groups in total. The second-order valence-electron chi connectivity index (χ2n) is 4.01. The lowest BCUT2D eigenvalue weighted by Crippen LogP contribution is -2.22. The van der Waals surface area contributed by atoms with E-state index in [9.17, 15) is 9.50 Å². The molecule has 1 aliphatic rings. The van der Waals surface area contributed by atoms with Gasteiger partial charge in [-0.25, -0.2) is 4.39 Å². The Morgan fingerprint density at radius 2 is 1.71 bits per heavy atom. The van der Waals surface area contributed by atoms with Gasteiger partial charge in [0.1, 0.15) is 5.82 Å². The molecule has 0 aromatic heterocycles. The van der Waals surface area contributed by atoms with E-state index < -0.39 is 0 Å². The van der Waals surface area contributed by atoms with E-state index in [0.717, 1.165) is 24.8 Å². The molecular weight excluding hydrogens is 179 g/mol. The third-order valence-electron chi connectivity index (χ3n) is 3.03. The van der Waals surface area contributed by atoms with Crippen molar-refractivity contribution >= 4 is 0 Å². The van der Waals surface area contributed by atoms with Crippen LogP contribution in [0.1, 0.15) is 37.2 Å². The van der Waals surface area contributed by atoms with Gasteiger partial charge in [0.15, 0.2) is 0 Å². The summed E-state index contributed by atoms with van der Waals surface area (Å²) in [5.41, 5.74) is 1.07. The molecule has 76 valence electrons. The molecule has 1 aromatic carbocycles. The van der Waals surface area contributed by atoms with Crippen LogP contribution in [0.15, 0.2) is 24.3 Å². The van der Waals surface area contributed by atoms with E-state index in [0.29, 0.717) is 0 Å². The summed E-state index contributed by atoms with van der Waals surface area (Å²) in [4.78, 5) is 0. The lowest BCUT2D eigenvalue weighted by molar-refractivity contribution is 0.106. The molecule has 0 bridgehead atoms. The van der Waals surface area contributed by atoms with Gasteiger partial charge in [-0.2, -0.15) is 0 Å². The quantitative estimate of drug-likeness (QED) is 0.728. The van der Waals surface area contributed by atoms with Crippen LogP contribution >= 0.6 is 0 Å². The van der Waals surface area contributed by atoms with Gasteiger partial charge in [-0.1, -0.05) is 25.0 Å². The van der Waals surface area contributed by atoms with Crippen LogP contribution in [0.25, 0.3) is 0 Å². The van der Waals surface area contributed by atoms with E-state index in [1.54, 1.807) is 12.1 Å². The summed E-state index contributed by atoms with van der Waals surface area (Å²) in [5, 5.41) is 9.80. The summed E-state index contributed by atoms with van der Waals surface area (Å²) in [6.45, 7) is 0. The van der Waals surface area contributed by atoms with Gasteiger partial charge in [-0.05, 0) is 30.5 Å². The topological polar surface area (TPSA) is 20.2 Å². The standard InChI is InChI=1S/C12H15FO/c13-10-7-5-9(6-8-10)11-3-1-2-4-12(11)14/h5-8,11-12,14H,1-4H2/t11-,12+/m0/s1. The molecule has 0 heterocycles. The molecule has 0 saturated heterocycles. The first-order valence-electron chi connectivity index (χ1n) is 5.21. The molecule has 1 aliphatic carbocycles. The normalized spacial score (nSPS) is 27.6. The van der Waals surface area contributed by atoms with Gasteiger partial charge in [0.2, 0.25) is 0 Å². The summed E-state index contributed by atoms with van der Waals surface area (Å²) in [6, 6.07) is 6.51. The summed E-state index contributed by atoms with van der Waals surface area (Å²) in [6.07, 6.45) is 3.93. The van der Waals surface area contributed by atoms with E-state index in [2.05, 4.69) is 0 Å². The average molecular weight is 194 g/mol. The van der Waals surface area contributed by atoms with Crippen molar-refractivity contribution in [3.63, 3.8) is 0 Å².